The summed E-state index contributed by atoms with van der Waals surface area (Å²) in [5.41, 5.74) is 9.96. The van der Waals surface area contributed by atoms with Crippen LogP contribution in [0.2, 0.25) is 0 Å². The van der Waals surface area contributed by atoms with E-state index in [1.54, 1.807) is 7.11 Å². The first-order chi connectivity index (χ1) is 11.2. The smallest absolute Gasteiger partial charge is 0.123 e. The van der Waals surface area contributed by atoms with Crippen LogP contribution in [0.3, 0.4) is 0 Å². The second kappa shape index (κ2) is 6.84. The van der Waals surface area contributed by atoms with Crippen LogP contribution in [0.1, 0.15) is 18.4 Å². The molecule has 1 aromatic heterocycles. The normalized spacial score (nSPS) is 11.1. The van der Waals surface area contributed by atoms with Crippen molar-refractivity contribution in [2.75, 3.05) is 13.7 Å². The van der Waals surface area contributed by atoms with Gasteiger partial charge in [-0.3, -0.25) is 0 Å². The quantitative estimate of drug-likeness (QED) is 0.668. The van der Waals surface area contributed by atoms with Crippen LogP contribution in [0.5, 0.6) is 5.75 Å². The Bertz CT molecular complexity index is 793. The Kier molecular flexibility index (Phi) is 4.63. The fourth-order valence-electron chi connectivity index (χ4n) is 2.92. The number of aromatic nitrogens is 1. The number of methoxy groups -OCH3 is 1. The molecule has 0 radical (unpaired) electrons. The standard InChI is InChI=1S/C19H21FN2O/c1-23-15-9-10-18-17(12-15)16(4-2-3-11-21)19(22-18)13-5-7-14(20)8-6-13/h5-10,12,22H,2-4,11,21H2,1H3. The summed E-state index contributed by atoms with van der Waals surface area (Å²) in [5.74, 6) is 0.610. The van der Waals surface area contributed by atoms with E-state index in [4.69, 9.17) is 10.5 Å². The van der Waals surface area contributed by atoms with Gasteiger partial charge in [-0.25, -0.2) is 4.39 Å². The fourth-order valence-corrected chi connectivity index (χ4v) is 2.92. The van der Waals surface area contributed by atoms with Gasteiger partial charge in [-0.05, 0) is 79.4 Å². The second-order valence-electron chi connectivity index (χ2n) is 5.64. The van der Waals surface area contributed by atoms with Crippen molar-refractivity contribution in [2.45, 2.75) is 19.3 Å². The highest BCUT2D eigenvalue weighted by atomic mass is 19.1. The van der Waals surface area contributed by atoms with Gasteiger partial charge in [0.2, 0.25) is 0 Å². The molecule has 4 heteroatoms. The van der Waals surface area contributed by atoms with Gasteiger partial charge in [0.1, 0.15) is 11.6 Å². The van der Waals surface area contributed by atoms with Gasteiger partial charge in [-0.2, -0.15) is 0 Å². The second-order valence-corrected chi connectivity index (χ2v) is 5.64. The summed E-state index contributed by atoms with van der Waals surface area (Å²) in [7, 11) is 1.67. The molecule has 0 amide bonds. The molecule has 0 atom stereocenters. The molecule has 0 aliphatic heterocycles. The van der Waals surface area contributed by atoms with Crippen LogP contribution in [-0.2, 0) is 6.42 Å². The number of fused-ring (bicyclic) bond motifs is 1. The predicted molar refractivity (Wildman–Crippen MR) is 92.2 cm³/mol. The molecular formula is C19H21FN2O. The van der Waals surface area contributed by atoms with Gasteiger partial charge in [0.15, 0.2) is 0 Å². The summed E-state index contributed by atoms with van der Waals surface area (Å²) in [5, 5.41) is 1.15. The van der Waals surface area contributed by atoms with E-state index in [1.807, 2.05) is 24.3 Å². The topological polar surface area (TPSA) is 51.0 Å². The van der Waals surface area contributed by atoms with Crippen molar-refractivity contribution in [2.24, 2.45) is 5.73 Å². The molecule has 0 saturated heterocycles. The summed E-state index contributed by atoms with van der Waals surface area (Å²) in [6.07, 6.45) is 2.94. The van der Waals surface area contributed by atoms with E-state index in [1.165, 1.54) is 17.7 Å². The van der Waals surface area contributed by atoms with Crippen LogP contribution in [0.15, 0.2) is 42.5 Å². The largest absolute Gasteiger partial charge is 0.497 e. The molecule has 0 aliphatic carbocycles. The van der Waals surface area contributed by atoms with Gasteiger partial charge in [0.25, 0.3) is 0 Å². The molecule has 0 bridgehead atoms. The number of H-pyrrole nitrogens is 1. The van der Waals surface area contributed by atoms with Crippen molar-refractivity contribution in [3.8, 4) is 17.0 Å². The van der Waals surface area contributed by atoms with Crippen LogP contribution in [0, 0.1) is 5.82 Å². The van der Waals surface area contributed by atoms with E-state index < -0.39 is 0 Å². The molecule has 23 heavy (non-hydrogen) atoms. The van der Waals surface area contributed by atoms with E-state index in [9.17, 15) is 4.39 Å². The third kappa shape index (κ3) is 3.22. The summed E-state index contributed by atoms with van der Waals surface area (Å²) in [4.78, 5) is 3.47. The summed E-state index contributed by atoms with van der Waals surface area (Å²) < 4.78 is 18.6. The molecule has 0 unspecified atom stereocenters. The molecular weight excluding hydrogens is 291 g/mol. The van der Waals surface area contributed by atoms with Gasteiger partial charge in [-0.1, -0.05) is 0 Å². The molecule has 1 heterocycles. The maximum Gasteiger partial charge on any atom is 0.123 e. The summed E-state index contributed by atoms with van der Waals surface area (Å²) in [6.45, 7) is 0.692. The van der Waals surface area contributed by atoms with Gasteiger partial charge < -0.3 is 15.5 Å². The number of unbranched alkanes of at least 4 members (excludes halogenated alkanes) is 1. The molecule has 3 rings (SSSR count). The number of aryl methyl sites for hydroxylation is 1. The number of hydrogen-bond donors (Lipinski definition) is 2. The molecule has 0 saturated carbocycles. The zero-order valence-electron chi connectivity index (χ0n) is 13.2. The fraction of sp³-hybridized carbons (Fsp3) is 0.263. The molecule has 120 valence electrons. The molecule has 3 nitrogen and oxygen atoms in total. The van der Waals surface area contributed by atoms with Gasteiger partial charge in [0, 0.05) is 16.6 Å². The minimum Gasteiger partial charge on any atom is -0.497 e. The number of aromatic amines is 1. The average Bonchev–Trinajstić information content (AvgIpc) is 2.93. The lowest BCUT2D eigenvalue weighted by Gasteiger charge is -2.06. The highest BCUT2D eigenvalue weighted by molar-refractivity contribution is 5.91. The molecule has 0 aliphatic rings. The number of nitrogens with one attached hydrogen (secondary N) is 1. The Hall–Kier alpha value is -2.33. The highest BCUT2D eigenvalue weighted by Crippen LogP contribution is 2.33. The third-order valence-electron chi connectivity index (χ3n) is 4.13. The maximum atomic E-state index is 13.2. The van der Waals surface area contributed by atoms with E-state index in [0.717, 1.165) is 47.2 Å². The highest BCUT2D eigenvalue weighted by Gasteiger charge is 2.14. The molecule has 0 fully saturated rings. The first-order valence-electron chi connectivity index (χ1n) is 7.87. The molecule has 3 N–H and O–H groups in total. The van der Waals surface area contributed by atoms with Crippen molar-refractivity contribution >= 4 is 10.9 Å². The molecule has 3 aromatic rings. The van der Waals surface area contributed by atoms with Crippen LogP contribution < -0.4 is 10.5 Å². The zero-order valence-corrected chi connectivity index (χ0v) is 13.2. The Morgan fingerprint density at radius 3 is 2.57 bits per heavy atom. The van der Waals surface area contributed by atoms with E-state index in [-0.39, 0.29) is 5.82 Å². The monoisotopic (exact) mass is 312 g/mol. The lowest BCUT2D eigenvalue weighted by atomic mass is 10.00. The number of nitrogens with two attached hydrogens (primary N) is 1. The number of ether oxygens (including phenoxy) is 1. The van der Waals surface area contributed by atoms with Crippen molar-refractivity contribution in [3.63, 3.8) is 0 Å². The Morgan fingerprint density at radius 2 is 1.87 bits per heavy atom. The van der Waals surface area contributed by atoms with E-state index in [2.05, 4.69) is 11.1 Å². The first kappa shape index (κ1) is 15.6. The zero-order chi connectivity index (χ0) is 16.2. The predicted octanol–water partition coefficient (Wildman–Crippen LogP) is 4.26. The van der Waals surface area contributed by atoms with Crippen molar-refractivity contribution in [1.82, 2.24) is 4.98 Å². The SMILES string of the molecule is COc1ccc2[nH]c(-c3ccc(F)cc3)c(CCCCN)c2c1. The minimum absolute atomic E-state index is 0.226. The first-order valence-corrected chi connectivity index (χ1v) is 7.87. The maximum absolute atomic E-state index is 13.2. The Balaban J connectivity index is 2.10. The Labute approximate surface area is 135 Å². The molecule has 0 spiro atoms. The van der Waals surface area contributed by atoms with Crippen molar-refractivity contribution in [1.29, 1.82) is 0 Å². The number of benzene rings is 2. The summed E-state index contributed by atoms with van der Waals surface area (Å²) in [6, 6.07) is 12.6. The van der Waals surface area contributed by atoms with E-state index in [0.29, 0.717) is 6.54 Å². The lowest BCUT2D eigenvalue weighted by molar-refractivity contribution is 0.415. The number of halogens is 1. The number of hydrogen-bond acceptors (Lipinski definition) is 2. The van der Waals surface area contributed by atoms with Crippen LogP contribution in [-0.4, -0.2) is 18.6 Å². The number of rotatable bonds is 6. The summed E-state index contributed by atoms with van der Waals surface area (Å²) >= 11 is 0. The van der Waals surface area contributed by atoms with Gasteiger partial charge >= 0.3 is 0 Å². The molecule has 2 aromatic carbocycles. The van der Waals surface area contributed by atoms with Crippen LogP contribution >= 0.6 is 0 Å². The van der Waals surface area contributed by atoms with Gasteiger partial charge in [-0.15, -0.1) is 0 Å². The Morgan fingerprint density at radius 1 is 1.09 bits per heavy atom. The van der Waals surface area contributed by atoms with Crippen molar-refractivity contribution in [3.05, 3.63) is 53.8 Å². The van der Waals surface area contributed by atoms with Gasteiger partial charge in [0.05, 0.1) is 7.11 Å². The van der Waals surface area contributed by atoms with Crippen molar-refractivity contribution < 1.29 is 9.13 Å². The third-order valence-corrected chi connectivity index (χ3v) is 4.13. The lowest BCUT2D eigenvalue weighted by Crippen LogP contribution is -1.99. The average molecular weight is 312 g/mol. The minimum atomic E-state index is -0.226. The van der Waals surface area contributed by atoms with Crippen LogP contribution in [0.4, 0.5) is 4.39 Å². The van der Waals surface area contributed by atoms with Crippen LogP contribution in [0.25, 0.3) is 22.2 Å². The van der Waals surface area contributed by atoms with E-state index >= 15 is 0 Å².